The Morgan fingerprint density at radius 1 is 1.09 bits per heavy atom. The summed E-state index contributed by atoms with van der Waals surface area (Å²) >= 11 is 0. The molecule has 0 aromatic heterocycles. The van der Waals surface area contributed by atoms with Crippen LogP contribution in [0.25, 0.3) is 0 Å². The molecule has 0 aliphatic rings. The maximum Gasteiger partial charge on any atom is 0.195 e. The highest BCUT2D eigenvalue weighted by Gasteiger charge is 2.07. The summed E-state index contributed by atoms with van der Waals surface area (Å²) in [6, 6.07) is 6.26. The van der Waals surface area contributed by atoms with Gasteiger partial charge in [0, 0.05) is 53.9 Å². The summed E-state index contributed by atoms with van der Waals surface area (Å²) in [5.41, 5.74) is 2.29. The Bertz CT molecular complexity index is 481. The van der Waals surface area contributed by atoms with E-state index in [9.17, 15) is 0 Å². The number of aliphatic imine (C=N–C) groups is 1. The smallest absolute Gasteiger partial charge is 0.195 e. The van der Waals surface area contributed by atoms with Gasteiger partial charge in [-0.25, -0.2) is 4.99 Å². The minimum absolute atomic E-state index is 0. The lowest BCUT2D eigenvalue weighted by Crippen LogP contribution is -2.35. The molecule has 6 heteroatoms. The molecule has 132 valence electrons. The zero-order valence-electron chi connectivity index (χ0n) is 15.1. The van der Waals surface area contributed by atoms with Crippen molar-refractivity contribution in [1.29, 1.82) is 0 Å². The number of methoxy groups -OCH3 is 1. The summed E-state index contributed by atoms with van der Waals surface area (Å²) < 4.78 is 10.9. The SMILES string of the molecule is COCCCOc1cc(C)ccc1CN=C(N(C)C)N(C)C.I. The summed E-state index contributed by atoms with van der Waals surface area (Å²) in [4.78, 5) is 8.71. The van der Waals surface area contributed by atoms with E-state index in [2.05, 4.69) is 25.1 Å². The molecule has 5 nitrogen and oxygen atoms in total. The zero-order chi connectivity index (χ0) is 16.5. The van der Waals surface area contributed by atoms with Crippen molar-refractivity contribution in [3.8, 4) is 5.75 Å². The monoisotopic (exact) mass is 435 g/mol. The highest BCUT2D eigenvalue weighted by Crippen LogP contribution is 2.21. The predicted octanol–water partition coefficient (Wildman–Crippen LogP) is 3.01. The summed E-state index contributed by atoms with van der Waals surface area (Å²) in [6.07, 6.45) is 0.883. The number of hydrogen-bond acceptors (Lipinski definition) is 3. The molecule has 0 aliphatic carbocycles. The number of ether oxygens (including phenoxy) is 2. The van der Waals surface area contributed by atoms with Crippen LogP contribution >= 0.6 is 24.0 Å². The number of hydrogen-bond donors (Lipinski definition) is 0. The normalized spacial score (nSPS) is 9.83. The zero-order valence-corrected chi connectivity index (χ0v) is 17.5. The average Bonchev–Trinajstić information content (AvgIpc) is 2.45. The lowest BCUT2D eigenvalue weighted by Gasteiger charge is -2.23. The van der Waals surface area contributed by atoms with Crippen LogP contribution in [0.3, 0.4) is 0 Å². The highest BCUT2D eigenvalue weighted by atomic mass is 127. The van der Waals surface area contributed by atoms with Crippen molar-refractivity contribution < 1.29 is 9.47 Å². The molecule has 0 heterocycles. The van der Waals surface area contributed by atoms with Gasteiger partial charge in [-0.3, -0.25) is 0 Å². The maximum atomic E-state index is 5.90. The molecule has 0 saturated carbocycles. The Hall–Kier alpha value is -1.02. The third-order valence-corrected chi connectivity index (χ3v) is 3.16. The van der Waals surface area contributed by atoms with Crippen LogP contribution in [0, 0.1) is 6.92 Å². The van der Waals surface area contributed by atoms with Gasteiger partial charge in [0.05, 0.1) is 13.2 Å². The second kappa shape index (κ2) is 11.5. The van der Waals surface area contributed by atoms with Crippen LogP contribution in [0.1, 0.15) is 17.5 Å². The Morgan fingerprint density at radius 3 is 2.30 bits per heavy atom. The van der Waals surface area contributed by atoms with Crippen LogP contribution in [0.4, 0.5) is 0 Å². The van der Waals surface area contributed by atoms with E-state index in [1.165, 1.54) is 5.56 Å². The molecule has 1 aromatic rings. The first-order valence-electron chi connectivity index (χ1n) is 7.56. The second-order valence-corrected chi connectivity index (χ2v) is 5.71. The van der Waals surface area contributed by atoms with E-state index < -0.39 is 0 Å². The van der Waals surface area contributed by atoms with E-state index in [1.807, 2.05) is 38.0 Å². The van der Waals surface area contributed by atoms with E-state index in [1.54, 1.807) is 7.11 Å². The molecular formula is C17H30IN3O2. The molecular weight excluding hydrogens is 405 g/mol. The van der Waals surface area contributed by atoms with Gasteiger partial charge in [0.15, 0.2) is 5.96 Å². The highest BCUT2D eigenvalue weighted by molar-refractivity contribution is 14.0. The number of halogens is 1. The molecule has 23 heavy (non-hydrogen) atoms. The molecule has 0 amide bonds. The van der Waals surface area contributed by atoms with Gasteiger partial charge in [-0.2, -0.15) is 0 Å². The summed E-state index contributed by atoms with van der Waals surface area (Å²) in [6.45, 7) is 4.04. The van der Waals surface area contributed by atoms with Crippen molar-refractivity contribution in [1.82, 2.24) is 9.80 Å². The Labute approximate surface area is 157 Å². The van der Waals surface area contributed by atoms with Gasteiger partial charge in [-0.15, -0.1) is 24.0 Å². The number of aryl methyl sites for hydroxylation is 1. The topological polar surface area (TPSA) is 37.3 Å². The summed E-state index contributed by atoms with van der Waals surface area (Å²) in [5, 5.41) is 0. The standard InChI is InChI=1S/C17H29N3O2.HI/c1-14-8-9-15(13-18-17(19(2)3)20(4)5)16(12-14)22-11-7-10-21-6;/h8-9,12H,7,10-11,13H2,1-6H3;1H. The van der Waals surface area contributed by atoms with Crippen molar-refractivity contribution in [2.45, 2.75) is 19.9 Å². The maximum absolute atomic E-state index is 5.90. The molecule has 0 fully saturated rings. The summed E-state index contributed by atoms with van der Waals surface area (Å²) in [7, 11) is 9.69. The van der Waals surface area contributed by atoms with Crippen molar-refractivity contribution in [3.63, 3.8) is 0 Å². The lowest BCUT2D eigenvalue weighted by atomic mass is 10.1. The quantitative estimate of drug-likeness (QED) is 0.286. The van der Waals surface area contributed by atoms with Gasteiger partial charge in [0.2, 0.25) is 0 Å². The predicted molar refractivity (Wildman–Crippen MR) is 107 cm³/mol. The van der Waals surface area contributed by atoms with E-state index in [0.717, 1.165) is 23.7 Å². The number of nitrogens with zero attached hydrogens (tertiary/aromatic N) is 3. The fraction of sp³-hybridized carbons (Fsp3) is 0.588. The van der Waals surface area contributed by atoms with Gasteiger partial charge in [0.1, 0.15) is 5.75 Å². The van der Waals surface area contributed by atoms with Crippen molar-refractivity contribution in [2.24, 2.45) is 4.99 Å². The van der Waals surface area contributed by atoms with Crippen molar-refractivity contribution in [2.75, 3.05) is 48.5 Å². The molecule has 0 radical (unpaired) electrons. The van der Waals surface area contributed by atoms with Crippen LogP contribution in [0.2, 0.25) is 0 Å². The molecule has 0 bridgehead atoms. The van der Waals surface area contributed by atoms with E-state index in [0.29, 0.717) is 19.8 Å². The molecule has 0 saturated heterocycles. The average molecular weight is 435 g/mol. The van der Waals surface area contributed by atoms with Gasteiger partial charge in [0.25, 0.3) is 0 Å². The minimum atomic E-state index is 0. The Kier molecular flexibility index (Phi) is 11.0. The number of benzene rings is 1. The van der Waals surface area contributed by atoms with E-state index >= 15 is 0 Å². The largest absolute Gasteiger partial charge is 0.493 e. The van der Waals surface area contributed by atoms with Crippen LogP contribution in [0.5, 0.6) is 5.75 Å². The first kappa shape index (κ1) is 22.0. The fourth-order valence-electron chi connectivity index (χ4n) is 2.15. The van der Waals surface area contributed by atoms with Crippen LogP contribution < -0.4 is 4.74 Å². The molecule has 0 unspecified atom stereocenters. The Balaban J connectivity index is 0.00000484. The van der Waals surface area contributed by atoms with Crippen LogP contribution in [-0.2, 0) is 11.3 Å². The third-order valence-electron chi connectivity index (χ3n) is 3.16. The fourth-order valence-corrected chi connectivity index (χ4v) is 2.15. The van der Waals surface area contributed by atoms with Crippen molar-refractivity contribution >= 4 is 29.9 Å². The van der Waals surface area contributed by atoms with Gasteiger partial charge in [-0.1, -0.05) is 12.1 Å². The number of rotatable bonds is 7. The first-order chi connectivity index (χ1) is 10.5. The molecule has 0 aliphatic heterocycles. The van der Waals surface area contributed by atoms with Crippen molar-refractivity contribution in [3.05, 3.63) is 29.3 Å². The molecule has 0 spiro atoms. The van der Waals surface area contributed by atoms with Gasteiger partial charge < -0.3 is 19.3 Å². The minimum Gasteiger partial charge on any atom is -0.493 e. The summed E-state index contributed by atoms with van der Waals surface area (Å²) in [5.74, 6) is 1.85. The van der Waals surface area contributed by atoms with Gasteiger partial charge in [-0.05, 0) is 18.6 Å². The Morgan fingerprint density at radius 2 is 1.74 bits per heavy atom. The van der Waals surface area contributed by atoms with Gasteiger partial charge >= 0.3 is 0 Å². The van der Waals surface area contributed by atoms with Crippen LogP contribution in [0.15, 0.2) is 23.2 Å². The van der Waals surface area contributed by atoms with E-state index in [4.69, 9.17) is 14.5 Å². The second-order valence-electron chi connectivity index (χ2n) is 5.71. The van der Waals surface area contributed by atoms with E-state index in [-0.39, 0.29) is 24.0 Å². The lowest BCUT2D eigenvalue weighted by molar-refractivity contribution is 0.172. The molecule has 1 rings (SSSR count). The molecule has 0 N–H and O–H groups in total. The third kappa shape index (κ3) is 7.87. The molecule has 0 atom stereocenters. The first-order valence-corrected chi connectivity index (χ1v) is 7.56. The van der Waals surface area contributed by atoms with Crippen LogP contribution in [-0.4, -0.2) is 64.3 Å². The molecule has 1 aromatic carbocycles. The number of guanidine groups is 1.